The van der Waals surface area contributed by atoms with Crippen molar-refractivity contribution in [2.24, 2.45) is 5.92 Å². The van der Waals surface area contributed by atoms with E-state index in [1.54, 1.807) is 0 Å². The molecular formula is C13H23F4NO2. The summed E-state index contributed by atoms with van der Waals surface area (Å²) >= 11 is 0. The fraction of sp³-hybridized carbons (Fsp3) is 1.00. The van der Waals surface area contributed by atoms with Crippen LogP contribution in [0.4, 0.5) is 17.6 Å². The average Bonchev–Trinajstić information content (AvgIpc) is 2.43. The number of alkyl halides is 4. The van der Waals surface area contributed by atoms with E-state index in [0.29, 0.717) is 13.2 Å². The molecule has 0 aromatic heterocycles. The molecule has 1 heterocycles. The number of halogens is 4. The smallest absolute Gasteiger partial charge is 0.330 e. The van der Waals surface area contributed by atoms with E-state index in [4.69, 9.17) is 9.47 Å². The minimum absolute atomic E-state index is 0.0208. The van der Waals surface area contributed by atoms with Crippen molar-refractivity contribution >= 4 is 0 Å². The Morgan fingerprint density at radius 1 is 1.30 bits per heavy atom. The highest BCUT2D eigenvalue weighted by atomic mass is 19.3. The predicted octanol–water partition coefficient (Wildman–Crippen LogP) is 2.70. The minimum Gasteiger partial charge on any atom is -0.381 e. The van der Waals surface area contributed by atoms with Crippen molar-refractivity contribution in [3.8, 4) is 0 Å². The van der Waals surface area contributed by atoms with Gasteiger partial charge in [-0.15, -0.1) is 0 Å². The zero-order valence-corrected chi connectivity index (χ0v) is 11.7. The Labute approximate surface area is 117 Å². The van der Waals surface area contributed by atoms with Crippen LogP contribution in [0.3, 0.4) is 0 Å². The van der Waals surface area contributed by atoms with Crippen LogP contribution in [-0.4, -0.2) is 51.4 Å². The van der Waals surface area contributed by atoms with Crippen LogP contribution in [0.2, 0.25) is 0 Å². The molecule has 0 aromatic carbocycles. The van der Waals surface area contributed by atoms with Gasteiger partial charge in [0.1, 0.15) is 6.61 Å². The first-order valence-corrected chi connectivity index (χ1v) is 7.02. The summed E-state index contributed by atoms with van der Waals surface area (Å²) in [7, 11) is 0. The molecule has 0 saturated carbocycles. The van der Waals surface area contributed by atoms with Gasteiger partial charge in [0, 0.05) is 19.3 Å². The number of ether oxygens (including phenoxy) is 2. The maximum atomic E-state index is 12.8. The van der Waals surface area contributed by atoms with E-state index in [1.807, 2.05) is 6.92 Å². The van der Waals surface area contributed by atoms with Gasteiger partial charge in [0.2, 0.25) is 0 Å². The van der Waals surface area contributed by atoms with Crippen molar-refractivity contribution in [2.45, 2.75) is 44.6 Å². The van der Waals surface area contributed by atoms with Crippen molar-refractivity contribution in [1.29, 1.82) is 0 Å². The largest absolute Gasteiger partial charge is 0.381 e. The summed E-state index contributed by atoms with van der Waals surface area (Å²) < 4.78 is 59.7. The number of hydrogen-bond donors (Lipinski definition) is 1. The maximum absolute atomic E-state index is 12.8. The Morgan fingerprint density at radius 2 is 1.95 bits per heavy atom. The summed E-state index contributed by atoms with van der Waals surface area (Å²) in [5.74, 6) is -3.80. The van der Waals surface area contributed by atoms with Crippen LogP contribution in [0.5, 0.6) is 0 Å². The van der Waals surface area contributed by atoms with Crippen LogP contribution < -0.4 is 5.32 Å². The van der Waals surface area contributed by atoms with E-state index < -0.39 is 19.0 Å². The topological polar surface area (TPSA) is 30.5 Å². The molecule has 0 aliphatic carbocycles. The first-order chi connectivity index (χ1) is 9.47. The van der Waals surface area contributed by atoms with Crippen LogP contribution in [0.15, 0.2) is 0 Å². The lowest BCUT2D eigenvalue weighted by Crippen LogP contribution is -2.44. The predicted molar refractivity (Wildman–Crippen MR) is 67.4 cm³/mol. The highest BCUT2D eigenvalue weighted by molar-refractivity contribution is 4.79. The van der Waals surface area contributed by atoms with E-state index in [2.05, 4.69) is 5.32 Å². The molecule has 1 N–H and O–H groups in total. The Hall–Kier alpha value is -0.400. The fourth-order valence-corrected chi connectivity index (χ4v) is 2.19. The van der Waals surface area contributed by atoms with E-state index in [9.17, 15) is 17.6 Å². The molecule has 20 heavy (non-hydrogen) atoms. The van der Waals surface area contributed by atoms with Crippen LogP contribution in [0.1, 0.15) is 26.2 Å². The van der Waals surface area contributed by atoms with Crippen molar-refractivity contribution < 1.29 is 27.0 Å². The summed E-state index contributed by atoms with van der Waals surface area (Å²) in [5.41, 5.74) is 0. The standard InChI is InChI=1S/C13H23F4NO2/c1-2-5-18-11(10-3-6-19-7-4-10)8-20-9-13(16,17)12(14)15/h10-12,18H,2-9H2,1H3. The Balaban J connectivity index is 2.39. The molecule has 1 saturated heterocycles. The van der Waals surface area contributed by atoms with Crippen LogP contribution in [0, 0.1) is 5.92 Å². The molecule has 120 valence electrons. The first kappa shape index (κ1) is 17.7. The minimum atomic E-state index is -4.08. The lowest BCUT2D eigenvalue weighted by molar-refractivity contribution is -0.168. The first-order valence-electron chi connectivity index (χ1n) is 7.02. The Kier molecular flexibility index (Phi) is 7.76. The lowest BCUT2D eigenvalue weighted by atomic mass is 9.92. The van der Waals surface area contributed by atoms with Crippen molar-refractivity contribution in [2.75, 3.05) is 33.0 Å². The molecule has 3 nitrogen and oxygen atoms in total. The summed E-state index contributed by atoms with van der Waals surface area (Å²) in [6.45, 7) is 2.81. The Bertz CT molecular complexity index is 261. The van der Waals surface area contributed by atoms with Gasteiger partial charge in [0.15, 0.2) is 0 Å². The van der Waals surface area contributed by atoms with Gasteiger partial charge in [-0.2, -0.15) is 8.78 Å². The monoisotopic (exact) mass is 301 g/mol. The molecule has 0 spiro atoms. The van der Waals surface area contributed by atoms with Crippen molar-refractivity contribution in [1.82, 2.24) is 5.32 Å². The molecule has 1 atom stereocenters. The van der Waals surface area contributed by atoms with Gasteiger partial charge >= 0.3 is 12.3 Å². The van der Waals surface area contributed by atoms with Crippen molar-refractivity contribution in [3.05, 3.63) is 0 Å². The summed E-state index contributed by atoms with van der Waals surface area (Å²) in [6.07, 6.45) is -1.12. The third-order valence-corrected chi connectivity index (χ3v) is 3.40. The third-order valence-electron chi connectivity index (χ3n) is 3.40. The van der Waals surface area contributed by atoms with Gasteiger partial charge in [-0.1, -0.05) is 6.92 Å². The quantitative estimate of drug-likeness (QED) is 0.664. The molecule has 0 bridgehead atoms. The normalized spacial score (nSPS) is 19.5. The average molecular weight is 301 g/mol. The van der Waals surface area contributed by atoms with E-state index in [0.717, 1.165) is 25.8 Å². The third kappa shape index (κ3) is 5.93. The molecule has 0 aromatic rings. The van der Waals surface area contributed by atoms with Gasteiger partial charge < -0.3 is 14.8 Å². The highest BCUT2D eigenvalue weighted by Crippen LogP contribution is 2.24. The molecule has 1 aliphatic heterocycles. The van der Waals surface area contributed by atoms with Crippen LogP contribution in [-0.2, 0) is 9.47 Å². The Morgan fingerprint density at radius 3 is 2.50 bits per heavy atom. The maximum Gasteiger partial charge on any atom is 0.330 e. The molecular weight excluding hydrogens is 278 g/mol. The molecule has 1 unspecified atom stereocenters. The van der Waals surface area contributed by atoms with Gasteiger partial charge in [-0.3, -0.25) is 0 Å². The van der Waals surface area contributed by atoms with Gasteiger partial charge in [-0.25, -0.2) is 8.78 Å². The molecule has 1 fully saturated rings. The summed E-state index contributed by atoms with van der Waals surface area (Å²) in [6, 6.07) is -0.0904. The molecule has 0 radical (unpaired) electrons. The second-order valence-corrected chi connectivity index (χ2v) is 5.09. The van der Waals surface area contributed by atoms with E-state index >= 15 is 0 Å². The zero-order valence-electron chi connectivity index (χ0n) is 11.7. The molecule has 1 rings (SSSR count). The molecule has 7 heteroatoms. The molecule has 1 aliphatic rings. The van der Waals surface area contributed by atoms with Crippen LogP contribution in [0.25, 0.3) is 0 Å². The number of nitrogens with one attached hydrogen (secondary N) is 1. The summed E-state index contributed by atoms with van der Waals surface area (Å²) in [4.78, 5) is 0. The zero-order chi connectivity index (χ0) is 15.0. The SMILES string of the molecule is CCCNC(COCC(F)(F)C(F)F)C1CCOCC1. The van der Waals surface area contributed by atoms with Crippen LogP contribution >= 0.6 is 0 Å². The highest BCUT2D eigenvalue weighted by Gasteiger charge is 2.41. The second-order valence-electron chi connectivity index (χ2n) is 5.09. The lowest BCUT2D eigenvalue weighted by Gasteiger charge is -2.31. The van der Waals surface area contributed by atoms with Gasteiger partial charge in [0.25, 0.3) is 0 Å². The van der Waals surface area contributed by atoms with Crippen molar-refractivity contribution in [3.63, 3.8) is 0 Å². The second kappa shape index (κ2) is 8.79. The number of rotatable bonds is 9. The fourth-order valence-electron chi connectivity index (χ4n) is 2.19. The number of hydrogen-bond acceptors (Lipinski definition) is 3. The van der Waals surface area contributed by atoms with E-state index in [1.165, 1.54) is 0 Å². The van der Waals surface area contributed by atoms with E-state index in [-0.39, 0.29) is 18.6 Å². The van der Waals surface area contributed by atoms with Gasteiger partial charge in [0.05, 0.1) is 6.61 Å². The molecule has 0 amide bonds. The summed E-state index contributed by atoms with van der Waals surface area (Å²) in [5, 5.41) is 3.24. The van der Waals surface area contributed by atoms with Gasteiger partial charge in [-0.05, 0) is 31.7 Å².